The lowest BCUT2D eigenvalue weighted by atomic mass is 10.1. The van der Waals surface area contributed by atoms with Crippen molar-refractivity contribution in [2.45, 2.75) is 13.3 Å². The summed E-state index contributed by atoms with van der Waals surface area (Å²) in [4.78, 5) is 16.7. The fourth-order valence-electron chi connectivity index (χ4n) is 2.78. The Bertz CT molecular complexity index is 634. The van der Waals surface area contributed by atoms with Gasteiger partial charge in [-0.2, -0.15) is 5.10 Å². The maximum Gasteiger partial charge on any atom is 0.274 e. The zero-order valence-electron chi connectivity index (χ0n) is 13.5. The molecule has 23 heavy (non-hydrogen) atoms. The third-order valence-electron chi connectivity index (χ3n) is 4.24. The summed E-state index contributed by atoms with van der Waals surface area (Å²) in [7, 11) is 0. The van der Waals surface area contributed by atoms with Crippen LogP contribution in [0.25, 0.3) is 0 Å². The van der Waals surface area contributed by atoms with Crippen molar-refractivity contribution in [1.82, 2.24) is 20.0 Å². The van der Waals surface area contributed by atoms with Gasteiger partial charge in [0.05, 0.1) is 5.69 Å². The monoisotopic (exact) mass is 310 g/mol. The Kier molecular flexibility index (Phi) is 4.98. The number of amides is 1. The number of piperazine rings is 1. The van der Waals surface area contributed by atoms with Gasteiger partial charge in [-0.25, -0.2) is 0 Å². The van der Waals surface area contributed by atoms with Crippen LogP contribution >= 0.6 is 0 Å². The molecule has 0 unspecified atom stereocenters. The van der Waals surface area contributed by atoms with Crippen LogP contribution in [-0.4, -0.2) is 58.6 Å². The number of aromatic nitrogens is 2. The van der Waals surface area contributed by atoms with Crippen LogP contribution in [0.1, 0.15) is 21.7 Å². The molecule has 1 fully saturated rings. The molecule has 0 radical (unpaired) electrons. The quantitative estimate of drug-likeness (QED) is 0.864. The Labute approximate surface area is 136 Å². The van der Waals surface area contributed by atoms with Gasteiger partial charge in [0.2, 0.25) is 0 Å². The van der Waals surface area contributed by atoms with Gasteiger partial charge in [-0.1, -0.05) is 30.3 Å². The van der Waals surface area contributed by atoms with E-state index in [9.17, 15) is 4.79 Å². The number of benzene rings is 1. The molecule has 1 saturated heterocycles. The number of nitrogens with zero attached hydrogens (tertiary/aromatic N) is 4. The maximum absolute atomic E-state index is 12.4. The first-order valence-corrected chi connectivity index (χ1v) is 8.08. The van der Waals surface area contributed by atoms with Gasteiger partial charge in [0, 0.05) is 32.7 Å². The molecule has 0 saturated carbocycles. The maximum atomic E-state index is 12.4. The molecule has 1 amide bonds. The fourth-order valence-corrected chi connectivity index (χ4v) is 2.78. The summed E-state index contributed by atoms with van der Waals surface area (Å²) in [6.07, 6.45) is 1.05. The molecule has 120 valence electrons. The van der Waals surface area contributed by atoms with E-state index in [0.29, 0.717) is 5.69 Å². The Morgan fingerprint density at radius 3 is 2.39 bits per heavy atom. The first kappa shape index (κ1) is 15.6. The fraction of sp³-hybridized carbons (Fsp3) is 0.389. The summed E-state index contributed by atoms with van der Waals surface area (Å²) in [5.41, 5.74) is 2.63. The van der Waals surface area contributed by atoms with Crippen molar-refractivity contribution in [3.8, 4) is 0 Å². The second kappa shape index (κ2) is 7.33. The van der Waals surface area contributed by atoms with Gasteiger partial charge >= 0.3 is 0 Å². The summed E-state index contributed by atoms with van der Waals surface area (Å²) < 4.78 is 0. The van der Waals surface area contributed by atoms with E-state index in [1.807, 2.05) is 24.0 Å². The van der Waals surface area contributed by atoms with E-state index >= 15 is 0 Å². The van der Waals surface area contributed by atoms with E-state index in [0.717, 1.165) is 44.8 Å². The molecule has 2 aromatic rings. The number of hydrogen-bond acceptors (Lipinski definition) is 4. The van der Waals surface area contributed by atoms with E-state index < -0.39 is 0 Å². The molecule has 0 spiro atoms. The first-order chi connectivity index (χ1) is 11.2. The molecule has 1 aliphatic rings. The smallest absolute Gasteiger partial charge is 0.274 e. The topological polar surface area (TPSA) is 49.3 Å². The van der Waals surface area contributed by atoms with Gasteiger partial charge in [0.1, 0.15) is 0 Å². The van der Waals surface area contributed by atoms with Crippen molar-refractivity contribution in [2.24, 2.45) is 0 Å². The molecule has 1 aliphatic heterocycles. The Morgan fingerprint density at radius 1 is 1.00 bits per heavy atom. The summed E-state index contributed by atoms with van der Waals surface area (Å²) in [6.45, 7) is 6.24. The third-order valence-corrected chi connectivity index (χ3v) is 4.24. The van der Waals surface area contributed by atoms with Crippen molar-refractivity contribution >= 4 is 5.91 Å². The highest BCUT2D eigenvalue weighted by Gasteiger charge is 2.22. The summed E-state index contributed by atoms with van der Waals surface area (Å²) in [5.74, 6) is -0.0137. The summed E-state index contributed by atoms with van der Waals surface area (Å²) in [5, 5.41) is 7.96. The van der Waals surface area contributed by atoms with E-state index in [-0.39, 0.29) is 5.91 Å². The van der Waals surface area contributed by atoms with Crippen LogP contribution in [0.2, 0.25) is 0 Å². The lowest BCUT2D eigenvalue weighted by molar-refractivity contribution is 0.0631. The summed E-state index contributed by atoms with van der Waals surface area (Å²) in [6, 6.07) is 14.1. The van der Waals surface area contributed by atoms with Crippen LogP contribution in [0.4, 0.5) is 0 Å². The second-order valence-corrected chi connectivity index (χ2v) is 5.93. The molecule has 5 heteroatoms. The Morgan fingerprint density at radius 2 is 1.74 bits per heavy atom. The molecular weight excluding hydrogens is 288 g/mol. The van der Waals surface area contributed by atoms with E-state index in [1.54, 1.807) is 6.07 Å². The van der Waals surface area contributed by atoms with Gasteiger partial charge < -0.3 is 4.90 Å². The highest BCUT2D eigenvalue weighted by Crippen LogP contribution is 2.08. The highest BCUT2D eigenvalue weighted by atomic mass is 16.2. The number of carbonyl (C=O) groups is 1. The SMILES string of the molecule is Cc1ccc(C(=O)N2CCN(CCc3ccccc3)CC2)nn1. The van der Waals surface area contributed by atoms with Gasteiger partial charge in [-0.05, 0) is 31.0 Å². The molecule has 0 N–H and O–H groups in total. The minimum Gasteiger partial charge on any atom is -0.335 e. The normalized spacial score (nSPS) is 15.6. The van der Waals surface area contributed by atoms with E-state index in [4.69, 9.17) is 0 Å². The van der Waals surface area contributed by atoms with Crippen LogP contribution in [0.15, 0.2) is 42.5 Å². The van der Waals surface area contributed by atoms with Crippen molar-refractivity contribution in [3.63, 3.8) is 0 Å². The molecular formula is C18H22N4O. The average Bonchev–Trinajstić information content (AvgIpc) is 2.61. The van der Waals surface area contributed by atoms with Crippen molar-refractivity contribution in [1.29, 1.82) is 0 Å². The van der Waals surface area contributed by atoms with Crippen molar-refractivity contribution in [2.75, 3.05) is 32.7 Å². The standard InChI is InChI=1S/C18H22N4O/c1-15-7-8-17(20-19-15)18(23)22-13-11-21(12-14-22)10-9-16-5-3-2-4-6-16/h2-8H,9-14H2,1H3. The highest BCUT2D eigenvalue weighted by molar-refractivity contribution is 5.92. The van der Waals surface area contributed by atoms with Crippen LogP contribution in [0.5, 0.6) is 0 Å². The minimum absolute atomic E-state index is 0.0137. The number of aryl methyl sites for hydroxylation is 1. The van der Waals surface area contributed by atoms with Crippen molar-refractivity contribution < 1.29 is 4.79 Å². The van der Waals surface area contributed by atoms with Gasteiger partial charge in [-0.3, -0.25) is 9.69 Å². The zero-order chi connectivity index (χ0) is 16.1. The Balaban J connectivity index is 1.48. The predicted octanol–water partition coefficient (Wildman–Crippen LogP) is 1.79. The van der Waals surface area contributed by atoms with E-state index in [1.165, 1.54) is 5.56 Å². The molecule has 0 aliphatic carbocycles. The average molecular weight is 310 g/mol. The van der Waals surface area contributed by atoms with Gasteiger partial charge in [0.15, 0.2) is 5.69 Å². The lowest BCUT2D eigenvalue weighted by Gasteiger charge is -2.34. The lowest BCUT2D eigenvalue weighted by Crippen LogP contribution is -2.49. The molecule has 5 nitrogen and oxygen atoms in total. The van der Waals surface area contributed by atoms with Crippen LogP contribution in [0, 0.1) is 6.92 Å². The van der Waals surface area contributed by atoms with E-state index in [2.05, 4.69) is 39.4 Å². The molecule has 3 rings (SSSR count). The van der Waals surface area contributed by atoms with Crippen LogP contribution in [0.3, 0.4) is 0 Å². The first-order valence-electron chi connectivity index (χ1n) is 8.08. The molecule has 0 bridgehead atoms. The number of carbonyl (C=O) groups excluding carboxylic acids is 1. The van der Waals surface area contributed by atoms with Crippen LogP contribution < -0.4 is 0 Å². The van der Waals surface area contributed by atoms with Crippen molar-refractivity contribution in [3.05, 3.63) is 59.4 Å². The Hall–Kier alpha value is -2.27. The largest absolute Gasteiger partial charge is 0.335 e. The number of hydrogen-bond donors (Lipinski definition) is 0. The molecule has 1 aromatic heterocycles. The van der Waals surface area contributed by atoms with Gasteiger partial charge in [-0.15, -0.1) is 5.10 Å². The predicted molar refractivity (Wildman–Crippen MR) is 89.3 cm³/mol. The van der Waals surface area contributed by atoms with Crippen LogP contribution in [-0.2, 0) is 6.42 Å². The van der Waals surface area contributed by atoms with Gasteiger partial charge in [0.25, 0.3) is 5.91 Å². The number of rotatable bonds is 4. The summed E-state index contributed by atoms with van der Waals surface area (Å²) >= 11 is 0. The zero-order valence-corrected chi connectivity index (χ0v) is 13.5. The minimum atomic E-state index is -0.0137. The molecule has 0 atom stereocenters. The molecule has 2 heterocycles. The third kappa shape index (κ3) is 4.13. The molecule has 1 aromatic carbocycles. The second-order valence-electron chi connectivity index (χ2n) is 5.93.